The molecule has 0 fully saturated rings. The van der Waals surface area contributed by atoms with Gasteiger partial charge in [-0.3, -0.25) is 0 Å². The smallest absolute Gasteiger partial charge is 0.392 e. The van der Waals surface area contributed by atoms with Crippen molar-refractivity contribution < 1.29 is 26.7 Å². The maximum Gasteiger partial charge on any atom is 0.416 e. The molecule has 148 valence electrons. The molecule has 0 aliphatic heterocycles. The monoisotopic (exact) mass is 409 g/mol. The predicted molar refractivity (Wildman–Crippen MR) is 100.0 cm³/mol. The van der Waals surface area contributed by atoms with Crippen molar-refractivity contribution in [3.63, 3.8) is 0 Å². The van der Waals surface area contributed by atoms with Crippen molar-refractivity contribution in [2.45, 2.75) is 24.6 Å². The third-order valence-electron chi connectivity index (χ3n) is 4.53. The van der Waals surface area contributed by atoms with Gasteiger partial charge in [-0.1, -0.05) is 18.2 Å². The fourth-order valence-corrected chi connectivity index (χ4v) is 3.69. The lowest BCUT2D eigenvalue weighted by molar-refractivity contribution is -0.137. The second-order valence-corrected chi connectivity index (χ2v) is 8.49. The van der Waals surface area contributed by atoms with Crippen molar-refractivity contribution in [2.24, 2.45) is 0 Å². The molecule has 1 aromatic heterocycles. The molecular weight excluding hydrogens is 391 g/mol. The lowest BCUT2D eigenvalue weighted by Crippen LogP contribution is -2.07. The number of sulfone groups is 1. The third-order valence-corrected chi connectivity index (χ3v) is 5.66. The Hall–Kier alpha value is -2.58. The molecule has 2 aromatic carbocycles. The summed E-state index contributed by atoms with van der Waals surface area (Å²) < 4.78 is 64.3. The summed E-state index contributed by atoms with van der Waals surface area (Å²) in [4.78, 5) is 0.146. The normalized spacial score (nSPS) is 12.4. The van der Waals surface area contributed by atoms with E-state index in [1.807, 2.05) is 0 Å². The molecule has 0 spiro atoms. The second kappa shape index (κ2) is 7.10. The Morgan fingerprint density at radius 3 is 2.21 bits per heavy atom. The van der Waals surface area contributed by atoms with E-state index in [0.29, 0.717) is 28.2 Å². The van der Waals surface area contributed by atoms with Gasteiger partial charge in [-0.25, -0.2) is 8.42 Å². The maximum absolute atomic E-state index is 13.1. The highest BCUT2D eigenvalue weighted by atomic mass is 32.2. The van der Waals surface area contributed by atoms with E-state index in [-0.39, 0.29) is 11.5 Å². The molecule has 3 aromatic rings. The number of rotatable bonds is 4. The Bertz CT molecular complexity index is 1110. The van der Waals surface area contributed by atoms with Gasteiger partial charge in [0.05, 0.1) is 22.8 Å². The first kappa shape index (κ1) is 20.2. The summed E-state index contributed by atoms with van der Waals surface area (Å²) >= 11 is 0. The van der Waals surface area contributed by atoms with Gasteiger partial charge in [0.2, 0.25) is 0 Å². The number of nitrogens with zero attached hydrogens (tertiary/aromatic N) is 1. The number of alkyl halides is 3. The largest absolute Gasteiger partial charge is 0.416 e. The number of benzene rings is 2. The summed E-state index contributed by atoms with van der Waals surface area (Å²) in [5.41, 5.74) is 1.87. The molecule has 0 aliphatic carbocycles. The molecule has 0 saturated heterocycles. The van der Waals surface area contributed by atoms with Gasteiger partial charge < -0.3 is 9.67 Å². The van der Waals surface area contributed by atoms with Crippen LogP contribution in [0.2, 0.25) is 0 Å². The van der Waals surface area contributed by atoms with Crippen molar-refractivity contribution >= 4 is 9.84 Å². The van der Waals surface area contributed by atoms with Crippen LogP contribution >= 0.6 is 0 Å². The molecule has 0 atom stereocenters. The van der Waals surface area contributed by atoms with E-state index in [4.69, 9.17) is 0 Å². The van der Waals surface area contributed by atoms with Crippen molar-refractivity contribution in [1.82, 2.24) is 4.57 Å². The van der Waals surface area contributed by atoms with E-state index < -0.39 is 21.6 Å². The fourth-order valence-electron chi connectivity index (χ4n) is 3.06. The van der Waals surface area contributed by atoms with Crippen molar-refractivity contribution in [3.8, 4) is 16.9 Å². The van der Waals surface area contributed by atoms with Crippen LogP contribution in [0, 0.1) is 6.92 Å². The van der Waals surface area contributed by atoms with Crippen molar-refractivity contribution in [3.05, 3.63) is 71.4 Å². The van der Waals surface area contributed by atoms with E-state index in [2.05, 4.69) is 0 Å². The zero-order chi connectivity index (χ0) is 20.7. The van der Waals surface area contributed by atoms with E-state index in [1.165, 1.54) is 18.2 Å². The van der Waals surface area contributed by atoms with Crippen LogP contribution in [0.5, 0.6) is 0 Å². The molecular formula is C20H18F3NO3S. The van der Waals surface area contributed by atoms with Gasteiger partial charge in [0.25, 0.3) is 0 Å². The van der Waals surface area contributed by atoms with Crippen LogP contribution in [0.25, 0.3) is 16.9 Å². The molecule has 0 bridgehead atoms. The minimum atomic E-state index is -4.48. The number of halogens is 3. The van der Waals surface area contributed by atoms with Gasteiger partial charge in [-0.2, -0.15) is 13.2 Å². The number of aromatic nitrogens is 1. The van der Waals surface area contributed by atoms with Crippen LogP contribution in [0.15, 0.2) is 59.5 Å². The minimum Gasteiger partial charge on any atom is -0.392 e. The van der Waals surface area contributed by atoms with Crippen molar-refractivity contribution in [2.75, 3.05) is 6.26 Å². The number of aliphatic hydroxyl groups excluding tert-OH is 1. The molecule has 1 N–H and O–H groups in total. The molecule has 0 radical (unpaired) electrons. The zero-order valence-electron chi connectivity index (χ0n) is 15.2. The number of hydrogen-bond donors (Lipinski definition) is 1. The van der Waals surface area contributed by atoms with Crippen molar-refractivity contribution in [1.29, 1.82) is 0 Å². The third kappa shape index (κ3) is 3.83. The highest BCUT2D eigenvalue weighted by molar-refractivity contribution is 7.90. The first-order valence-corrected chi connectivity index (χ1v) is 10.2. The summed E-state index contributed by atoms with van der Waals surface area (Å²) in [5, 5.41) is 9.61. The van der Waals surface area contributed by atoms with Crippen LogP contribution in [0.3, 0.4) is 0 Å². The SMILES string of the molecule is Cc1c(CO)cc(-c2ccc(S(C)(=O)=O)cc2)n1-c1cccc(C(F)(F)F)c1. The highest BCUT2D eigenvalue weighted by Gasteiger charge is 2.31. The van der Waals surface area contributed by atoms with Gasteiger partial charge in [0, 0.05) is 17.6 Å². The molecule has 0 aliphatic rings. The van der Waals surface area contributed by atoms with Gasteiger partial charge in [0.15, 0.2) is 9.84 Å². The highest BCUT2D eigenvalue weighted by Crippen LogP contribution is 2.34. The number of aliphatic hydroxyl groups is 1. The molecule has 0 amide bonds. The van der Waals surface area contributed by atoms with E-state index >= 15 is 0 Å². The van der Waals surface area contributed by atoms with Crippen LogP contribution in [0.1, 0.15) is 16.8 Å². The van der Waals surface area contributed by atoms with Gasteiger partial charge in [-0.05, 0) is 54.4 Å². The van der Waals surface area contributed by atoms with Gasteiger partial charge in [-0.15, -0.1) is 0 Å². The summed E-state index contributed by atoms with van der Waals surface area (Å²) in [7, 11) is -3.37. The Balaban J connectivity index is 2.20. The van der Waals surface area contributed by atoms with Gasteiger partial charge in [0.1, 0.15) is 0 Å². The standard InChI is InChI=1S/C20H18F3NO3S/c1-13-15(12-25)10-19(14-6-8-18(9-7-14)28(2,26)27)24(13)17-5-3-4-16(11-17)20(21,22)23/h3-11,25H,12H2,1-2H3. The quantitative estimate of drug-likeness (QED) is 0.696. The van der Waals surface area contributed by atoms with E-state index in [9.17, 15) is 26.7 Å². The van der Waals surface area contributed by atoms with Crippen LogP contribution in [-0.2, 0) is 22.6 Å². The first-order valence-electron chi connectivity index (χ1n) is 8.32. The summed E-state index contributed by atoms with van der Waals surface area (Å²) in [5.74, 6) is 0. The lowest BCUT2D eigenvalue weighted by atomic mass is 10.1. The molecule has 0 unspecified atom stereocenters. The summed E-state index contributed by atoms with van der Waals surface area (Å²) in [6, 6.07) is 12.7. The fraction of sp³-hybridized carbons (Fsp3) is 0.200. The summed E-state index contributed by atoms with van der Waals surface area (Å²) in [6.45, 7) is 1.44. The lowest BCUT2D eigenvalue weighted by Gasteiger charge is -2.15. The molecule has 4 nitrogen and oxygen atoms in total. The molecule has 1 heterocycles. The van der Waals surface area contributed by atoms with E-state index in [0.717, 1.165) is 18.4 Å². The first-order chi connectivity index (χ1) is 13.0. The molecule has 3 rings (SSSR count). The predicted octanol–water partition coefficient (Wildman–Crippen LogP) is 4.37. The van der Waals surface area contributed by atoms with Crippen LogP contribution in [0.4, 0.5) is 13.2 Å². The number of hydrogen-bond acceptors (Lipinski definition) is 3. The Morgan fingerprint density at radius 1 is 1.04 bits per heavy atom. The minimum absolute atomic E-state index is 0.146. The average Bonchev–Trinajstić information content (AvgIpc) is 2.97. The average molecular weight is 409 g/mol. The summed E-state index contributed by atoms with van der Waals surface area (Å²) in [6.07, 6.45) is -3.38. The second-order valence-electron chi connectivity index (χ2n) is 6.48. The van der Waals surface area contributed by atoms with Crippen LogP contribution < -0.4 is 0 Å². The zero-order valence-corrected chi connectivity index (χ0v) is 16.0. The topological polar surface area (TPSA) is 59.3 Å². The molecule has 8 heteroatoms. The molecule has 0 saturated carbocycles. The Labute approximate surface area is 160 Å². The Morgan fingerprint density at radius 2 is 1.68 bits per heavy atom. The molecule has 28 heavy (non-hydrogen) atoms. The van der Waals surface area contributed by atoms with Gasteiger partial charge >= 0.3 is 6.18 Å². The van der Waals surface area contributed by atoms with E-state index in [1.54, 1.807) is 35.8 Å². The maximum atomic E-state index is 13.1. The Kier molecular flexibility index (Phi) is 5.12. The van der Waals surface area contributed by atoms with Crippen LogP contribution in [-0.4, -0.2) is 24.3 Å².